The molecule has 0 N–H and O–H groups in total. The second-order valence-corrected chi connectivity index (χ2v) is 2.72. The van der Waals surface area contributed by atoms with Gasteiger partial charge < -0.3 is 0 Å². The quantitative estimate of drug-likeness (QED) is 0.490. The van der Waals surface area contributed by atoms with Crippen molar-refractivity contribution in [3.8, 4) is 0 Å². The molecule has 5 nitrogen and oxygen atoms in total. The Morgan fingerprint density at radius 3 is 3.00 bits per heavy atom. The van der Waals surface area contributed by atoms with Gasteiger partial charge in [0.25, 0.3) is 0 Å². The van der Waals surface area contributed by atoms with E-state index in [-0.39, 0.29) is 5.69 Å². The van der Waals surface area contributed by atoms with Crippen LogP contribution in [0.4, 0.5) is 5.69 Å². The highest BCUT2D eigenvalue weighted by molar-refractivity contribution is 5.66. The lowest BCUT2D eigenvalue weighted by atomic mass is 10.3. The highest BCUT2D eigenvalue weighted by Crippen LogP contribution is 2.22. The molecule has 2 aromatic heterocycles. The molecule has 2 aromatic rings. The molecule has 2 rings (SSSR count). The molecule has 0 spiro atoms. The topological polar surface area (TPSA) is 60.4 Å². The van der Waals surface area contributed by atoms with Gasteiger partial charge >= 0.3 is 5.69 Å². The maximum atomic E-state index is 10.6. The van der Waals surface area contributed by atoms with E-state index in [0.29, 0.717) is 11.2 Å². The maximum Gasteiger partial charge on any atom is 0.317 e. The van der Waals surface area contributed by atoms with Crippen molar-refractivity contribution in [1.29, 1.82) is 0 Å². The number of nitrogens with zero attached hydrogens (tertiary/aromatic N) is 3. The zero-order valence-electron chi connectivity index (χ0n) is 6.97. The van der Waals surface area contributed by atoms with Gasteiger partial charge in [-0.25, -0.2) is 4.52 Å². The summed E-state index contributed by atoms with van der Waals surface area (Å²) in [5.74, 6) is 0. The number of pyridine rings is 1. The first-order chi connectivity index (χ1) is 6.20. The van der Waals surface area contributed by atoms with E-state index in [9.17, 15) is 10.1 Å². The Hall–Kier alpha value is -1.91. The minimum Gasteiger partial charge on any atom is -0.258 e. The fourth-order valence-corrected chi connectivity index (χ4v) is 1.33. The van der Waals surface area contributed by atoms with Crippen molar-refractivity contribution >= 4 is 11.2 Å². The third-order valence-electron chi connectivity index (χ3n) is 1.86. The first-order valence-corrected chi connectivity index (χ1v) is 3.78. The zero-order valence-corrected chi connectivity index (χ0v) is 6.97. The molecule has 0 saturated carbocycles. The molecule has 5 heteroatoms. The molecule has 66 valence electrons. The predicted octanol–water partition coefficient (Wildman–Crippen LogP) is 1.55. The van der Waals surface area contributed by atoms with Gasteiger partial charge in [0, 0.05) is 6.20 Å². The number of aryl methyl sites for hydroxylation is 1. The maximum absolute atomic E-state index is 10.6. The van der Waals surface area contributed by atoms with Crippen molar-refractivity contribution in [3.63, 3.8) is 0 Å². The van der Waals surface area contributed by atoms with E-state index >= 15 is 0 Å². The molecule has 0 amide bonds. The SMILES string of the molecule is Cc1nn2ccccc2c1[N+](=O)[O-]. The van der Waals surface area contributed by atoms with Crippen LogP contribution in [-0.4, -0.2) is 14.5 Å². The van der Waals surface area contributed by atoms with E-state index in [1.54, 1.807) is 31.3 Å². The number of fused-ring (bicyclic) bond motifs is 1. The Bertz CT molecular complexity index is 475. The molecule has 0 aromatic carbocycles. The largest absolute Gasteiger partial charge is 0.317 e. The van der Waals surface area contributed by atoms with Gasteiger partial charge in [-0.2, -0.15) is 5.10 Å². The number of nitro groups is 1. The standard InChI is InChI=1S/C8H7N3O2/c1-6-8(11(12)13)7-4-2-3-5-10(7)9-6/h2-5H,1H3. The fraction of sp³-hybridized carbons (Fsp3) is 0.125. The van der Waals surface area contributed by atoms with Gasteiger partial charge in [-0.3, -0.25) is 10.1 Å². The third kappa shape index (κ3) is 1.05. The van der Waals surface area contributed by atoms with Crippen molar-refractivity contribution in [3.05, 3.63) is 40.2 Å². The van der Waals surface area contributed by atoms with Crippen LogP contribution in [-0.2, 0) is 0 Å². The first-order valence-electron chi connectivity index (χ1n) is 3.78. The summed E-state index contributed by atoms with van der Waals surface area (Å²) in [7, 11) is 0. The van der Waals surface area contributed by atoms with E-state index < -0.39 is 4.92 Å². The van der Waals surface area contributed by atoms with Crippen LogP contribution in [0, 0.1) is 17.0 Å². The number of hydrogen-bond donors (Lipinski definition) is 0. The lowest BCUT2D eigenvalue weighted by Gasteiger charge is -1.89. The zero-order chi connectivity index (χ0) is 9.42. The van der Waals surface area contributed by atoms with Crippen molar-refractivity contribution in [2.75, 3.05) is 0 Å². The van der Waals surface area contributed by atoms with Crippen LogP contribution in [0.3, 0.4) is 0 Å². The Morgan fingerprint density at radius 2 is 2.31 bits per heavy atom. The molecule has 0 aliphatic heterocycles. The Labute approximate surface area is 73.8 Å². The lowest BCUT2D eigenvalue weighted by molar-refractivity contribution is -0.383. The molecule has 0 bridgehead atoms. The molecule has 13 heavy (non-hydrogen) atoms. The van der Waals surface area contributed by atoms with Crippen LogP contribution >= 0.6 is 0 Å². The van der Waals surface area contributed by atoms with Gasteiger partial charge in [0.1, 0.15) is 11.2 Å². The predicted molar refractivity (Wildman–Crippen MR) is 46.6 cm³/mol. The van der Waals surface area contributed by atoms with Gasteiger partial charge in [-0.1, -0.05) is 6.07 Å². The van der Waals surface area contributed by atoms with Crippen LogP contribution in [0.15, 0.2) is 24.4 Å². The Balaban J connectivity index is 2.86. The lowest BCUT2D eigenvalue weighted by Crippen LogP contribution is -1.88. The summed E-state index contributed by atoms with van der Waals surface area (Å²) in [4.78, 5) is 10.2. The molecule has 0 aliphatic carbocycles. The average Bonchev–Trinajstić information content (AvgIpc) is 2.39. The summed E-state index contributed by atoms with van der Waals surface area (Å²) < 4.78 is 1.51. The Kier molecular flexibility index (Phi) is 1.51. The summed E-state index contributed by atoms with van der Waals surface area (Å²) in [5, 5.41) is 14.7. The molecule has 0 aliphatic rings. The minimum absolute atomic E-state index is 0.0839. The second kappa shape index (κ2) is 2.55. The summed E-state index contributed by atoms with van der Waals surface area (Å²) in [6.07, 6.45) is 1.69. The van der Waals surface area contributed by atoms with Crippen LogP contribution in [0.2, 0.25) is 0 Å². The summed E-state index contributed by atoms with van der Waals surface area (Å²) in [6, 6.07) is 5.21. The number of aromatic nitrogens is 2. The molecule has 2 heterocycles. The van der Waals surface area contributed by atoms with E-state index in [2.05, 4.69) is 5.10 Å². The average molecular weight is 177 g/mol. The van der Waals surface area contributed by atoms with Gasteiger partial charge in [0.2, 0.25) is 0 Å². The normalized spacial score (nSPS) is 10.5. The van der Waals surface area contributed by atoms with Gasteiger partial charge in [-0.05, 0) is 19.1 Å². The van der Waals surface area contributed by atoms with Crippen LogP contribution in [0.5, 0.6) is 0 Å². The second-order valence-electron chi connectivity index (χ2n) is 2.72. The molecular weight excluding hydrogens is 170 g/mol. The van der Waals surface area contributed by atoms with E-state index in [1.165, 1.54) is 4.52 Å². The fourth-order valence-electron chi connectivity index (χ4n) is 1.33. The van der Waals surface area contributed by atoms with Gasteiger partial charge in [0.05, 0.1) is 4.92 Å². The molecule has 0 fully saturated rings. The number of hydrogen-bond acceptors (Lipinski definition) is 3. The molecular formula is C8H7N3O2. The van der Waals surface area contributed by atoms with Crippen LogP contribution in [0.1, 0.15) is 5.69 Å². The molecule has 0 radical (unpaired) electrons. The van der Waals surface area contributed by atoms with E-state index in [1.807, 2.05) is 0 Å². The highest BCUT2D eigenvalue weighted by atomic mass is 16.6. The monoisotopic (exact) mass is 177 g/mol. The van der Waals surface area contributed by atoms with Crippen LogP contribution < -0.4 is 0 Å². The van der Waals surface area contributed by atoms with Gasteiger partial charge in [0.15, 0.2) is 0 Å². The first kappa shape index (κ1) is 7.72. The molecule has 0 saturated heterocycles. The van der Waals surface area contributed by atoms with Crippen LogP contribution in [0.25, 0.3) is 5.52 Å². The van der Waals surface area contributed by atoms with Gasteiger partial charge in [-0.15, -0.1) is 0 Å². The minimum atomic E-state index is -0.405. The molecule has 0 atom stereocenters. The van der Waals surface area contributed by atoms with Crippen molar-refractivity contribution in [1.82, 2.24) is 9.61 Å². The van der Waals surface area contributed by atoms with Crippen molar-refractivity contribution in [2.45, 2.75) is 6.92 Å². The summed E-state index contributed by atoms with van der Waals surface area (Å²) >= 11 is 0. The smallest absolute Gasteiger partial charge is 0.258 e. The van der Waals surface area contributed by atoms with Crippen molar-refractivity contribution < 1.29 is 4.92 Å². The van der Waals surface area contributed by atoms with E-state index in [0.717, 1.165) is 0 Å². The molecule has 0 unspecified atom stereocenters. The van der Waals surface area contributed by atoms with E-state index in [4.69, 9.17) is 0 Å². The third-order valence-corrected chi connectivity index (χ3v) is 1.86. The summed E-state index contributed by atoms with van der Waals surface area (Å²) in [6.45, 7) is 1.63. The highest BCUT2D eigenvalue weighted by Gasteiger charge is 2.18. The number of rotatable bonds is 1. The van der Waals surface area contributed by atoms with Crippen molar-refractivity contribution in [2.24, 2.45) is 0 Å². The Morgan fingerprint density at radius 1 is 1.54 bits per heavy atom. The summed E-state index contributed by atoms with van der Waals surface area (Å²) in [5.41, 5.74) is 1.06.